The van der Waals surface area contributed by atoms with E-state index in [0.717, 1.165) is 17.7 Å². The fourth-order valence-electron chi connectivity index (χ4n) is 2.80. The van der Waals surface area contributed by atoms with Crippen molar-refractivity contribution >= 4 is 17.9 Å². The molecule has 3 amide bonds. The number of amides is 3. The summed E-state index contributed by atoms with van der Waals surface area (Å²) in [5.74, 6) is -1.22. The normalized spacial score (nSPS) is 12.8. The van der Waals surface area contributed by atoms with Gasteiger partial charge in [-0.25, -0.2) is 4.79 Å². The zero-order valence-electron chi connectivity index (χ0n) is 18.6. The van der Waals surface area contributed by atoms with Gasteiger partial charge in [-0.2, -0.15) is 5.26 Å². The fraction of sp³-hybridized carbons (Fsp3) is 0.545. The molecule has 0 saturated heterocycles. The second-order valence-electron chi connectivity index (χ2n) is 7.96. The quantitative estimate of drug-likeness (QED) is 0.382. The summed E-state index contributed by atoms with van der Waals surface area (Å²) in [6, 6.07) is 7.98. The molecule has 31 heavy (non-hydrogen) atoms. The number of ether oxygens (including phenoxy) is 1. The summed E-state index contributed by atoms with van der Waals surface area (Å²) in [4.78, 5) is 39.3. The Morgan fingerprint density at radius 1 is 1.23 bits per heavy atom. The Labute approximate surface area is 183 Å². The second kappa shape index (κ2) is 12.5. The molecule has 0 radical (unpaired) electrons. The first-order valence-electron chi connectivity index (χ1n) is 10.2. The summed E-state index contributed by atoms with van der Waals surface area (Å²) < 4.78 is 5.14. The van der Waals surface area contributed by atoms with Crippen LogP contribution in [0.5, 0.6) is 0 Å². The fourth-order valence-corrected chi connectivity index (χ4v) is 2.80. The molecule has 0 aliphatic carbocycles. The predicted octanol–water partition coefficient (Wildman–Crippen LogP) is 1.88. The second-order valence-corrected chi connectivity index (χ2v) is 7.96. The van der Waals surface area contributed by atoms with E-state index in [-0.39, 0.29) is 0 Å². The van der Waals surface area contributed by atoms with E-state index in [1.165, 1.54) is 0 Å². The molecule has 9 nitrogen and oxygen atoms in total. The van der Waals surface area contributed by atoms with Crippen LogP contribution in [0, 0.1) is 11.3 Å². The maximum absolute atomic E-state index is 13.2. The average molecular weight is 433 g/mol. The number of benzene rings is 1. The van der Waals surface area contributed by atoms with E-state index in [4.69, 9.17) is 4.74 Å². The zero-order chi connectivity index (χ0) is 23.4. The molecular formula is C22H32N4O5. The molecule has 0 aliphatic heterocycles. The highest BCUT2D eigenvalue weighted by Gasteiger charge is 2.35. The van der Waals surface area contributed by atoms with E-state index < -0.39 is 48.7 Å². The van der Waals surface area contributed by atoms with E-state index in [9.17, 15) is 24.8 Å². The molecule has 3 N–H and O–H groups in total. The number of hydrogen-bond acceptors (Lipinski definition) is 6. The molecule has 0 fully saturated rings. The minimum Gasteiger partial charge on any atom is -0.444 e. The third-order valence-corrected chi connectivity index (χ3v) is 4.20. The molecule has 0 spiro atoms. The molecule has 0 saturated carbocycles. The van der Waals surface area contributed by atoms with Crippen LogP contribution in [0.4, 0.5) is 4.79 Å². The Kier molecular flexibility index (Phi) is 10.5. The third-order valence-electron chi connectivity index (χ3n) is 4.20. The van der Waals surface area contributed by atoms with Gasteiger partial charge in [0.15, 0.2) is 0 Å². The lowest BCUT2D eigenvalue weighted by Crippen LogP contribution is -2.54. The van der Waals surface area contributed by atoms with Gasteiger partial charge in [-0.05, 0) is 32.8 Å². The average Bonchev–Trinajstić information content (AvgIpc) is 2.71. The Morgan fingerprint density at radius 3 is 2.39 bits per heavy atom. The van der Waals surface area contributed by atoms with Crippen LogP contribution in [0.15, 0.2) is 30.3 Å². The molecule has 9 heteroatoms. The SMILES string of the molecule is CCCCNC(=O)C(c1ccccc1)N(CC#N)C(=O)C(CO)NC(=O)OC(C)(C)C. The van der Waals surface area contributed by atoms with Gasteiger partial charge in [0.05, 0.1) is 12.7 Å². The van der Waals surface area contributed by atoms with Crippen LogP contribution in [0.1, 0.15) is 52.1 Å². The van der Waals surface area contributed by atoms with Crippen LogP contribution in [-0.2, 0) is 14.3 Å². The Bertz CT molecular complexity index is 770. The summed E-state index contributed by atoms with van der Waals surface area (Å²) in [6.45, 7) is 6.27. The molecule has 2 atom stereocenters. The first-order valence-corrected chi connectivity index (χ1v) is 10.2. The molecule has 1 aromatic rings. The van der Waals surface area contributed by atoms with Crippen LogP contribution in [-0.4, -0.2) is 59.3 Å². The highest BCUT2D eigenvalue weighted by Crippen LogP contribution is 2.22. The third kappa shape index (κ3) is 8.64. The molecule has 0 aliphatic rings. The highest BCUT2D eigenvalue weighted by molar-refractivity contribution is 5.92. The van der Waals surface area contributed by atoms with Crippen molar-refractivity contribution < 1.29 is 24.2 Å². The lowest BCUT2D eigenvalue weighted by Gasteiger charge is -2.32. The Morgan fingerprint density at radius 2 is 1.87 bits per heavy atom. The number of alkyl carbamates (subject to hydrolysis) is 1. The Balaban J connectivity index is 3.20. The molecule has 0 heterocycles. The summed E-state index contributed by atoms with van der Waals surface area (Å²) in [5, 5.41) is 24.1. The lowest BCUT2D eigenvalue weighted by molar-refractivity contribution is -0.142. The molecule has 0 aromatic heterocycles. The number of nitriles is 1. The largest absolute Gasteiger partial charge is 0.444 e. The van der Waals surface area contributed by atoms with Gasteiger partial charge < -0.3 is 25.4 Å². The van der Waals surface area contributed by atoms with Gasteiger partial charge in [-0.15, -0.1) is 0 Å². The minimum absolute atomic E-state index is 0.411. The number of aliphatic hydroxyl groups is 1. The number of carbonyl (C=O) groups is 3. The van der Waals surface area contributed by atoms with E-state index in [2.05, 4.69) is 10.6 Å². The topological polar surface area (TPSA) is 132 Å². The van der Waals surface area contributed by atoms with E-state index in [0.29, 0.717) is 12.1 Å². The van der Waals surface area contributed by atoms with Crippen LogP contribution in [0.25, 0.3) is 0 Å². The van der Waals surface area contributed by atoms with Gasteiger partial charge in [0.1, 0.15) is 24.2 Å². The van der Waals surface area contributed by atoms with Crippen LogP contribution in [0.3, 0.4) is 0 Å². The monoisotopic (exact) mass is 432 g/mol. The van der Waals surface area contributed by atoms with Crippen molar-refractivity contribution in [2.24, 2.45) is 0 Å². The van der Waals surface area contributed by atoms with E-state index in [1.807, 2.05) is 13.0 Å². The smallest absolute Gasteiger partial charge is 0.408 e. The molecule has 170 valence electrons. The number of nitrogens with zero attached hydrogens (tertiary/aromatic N) is 2. The number of nitrogens with one attached hydrogen (secondary N) is 2. The van der Waals surface area contributed by atoms with Gasteiger partial charge in [0, 0.05) is 6.54 Å². The first-order chi connectivity index (χ1) is 14.6. The summed E-state index contributed by atoms with van der Waals surface area (Å²) in [5.41, 5.74) is -0.292. The van der Waals surface area contributed by atoms with Gasteiger partial charge in [0.25, 0.3) is 0 Å². The van der Waals surface area contributed by atoms with E-state index >= 15 is 0 Å². The Hall–Kier alpha value is -3.12. The van der Waals surface area contributed by atoms with Gasteiger partial charge in [-0.1, -0.05) is 43.7 Å². The van der Waals surface area contributed by atoms with Crippen molar-refractivity contribution in [3.05, 3.63) is 35.9 Å². The summed E-state index contributed by atoms with van der Waals surface area (Å²) >= 11 is 0. The standard InChI is InChI=1S/C22H32N4O5/c1-5-6-13-24-19(28)18(16-10-8-7-9-11-16)26(14-12-23)20(29)17(15-27)25-21(30)31-22(2,3)4/h7-11,17-18,27H,5-6,13-15H2,1-4H3,(H,24,28)(H,25,30). The minimum atomic E-state index is -1.38. The summed E-state index contributed by atoms with van der Waals surface area (Å²) in [7, 11) is 0. The molecule has 1 aromatic carbocycles. The number of unbranched alkanes of at least 4 members (excludes halogenated alkanes) is 1. The van der Waals surface area contributed by atoms with Gasteiger partial charge in [-0.3, -0.25) is 9.59 Å². The van der Waals surface area contributed by atoms with Crippen molar-refractivity contribution in [3.63, 3.8) is 0 Å². The van der Waals surface area contributed by atoms with Crippen molar-refractivity contribution in [1.82, 2.24) is 15.5 Å². The number of hydrogen-bond donors (Lipinski definition) is 3. The summed E-state index contributed by atoms with van der Waals surface area (Å²) in [6.07, 6.45) is 0.753. The van der Waals surface area contributed by atoms with Crippen molar-refractivity contribution in [1.29, 1.82) is 5.26 Å². The first kappa shape index (κ1) is 25.9. The molecule has 2 unspecified atom stereocenters. The van der Waals surface area contributed by atoms with Gasteiger partial charge in [0.2, 0.25) is 11.8 Å². The predicted molar refractivity (Wildman–Crippen MR) is 115 cm³/mol. The van der Waals surface area contributed by atoms with Crippen LogP contribution < -0.4 is 10.6 Å². The molecular weight excluding hydrogens is 400 g/mol. The lowest BCUT2D eigenvalue weighted by atomic mass is 10.0. The van der Waals surface area contributed by atoms with Crippen LogP contribution in [0.2, 0.25) is 0 Å². The maximum atomic E-state index is 13.2. The maximum Gasteiger partial charge on any atom is 0.408 e. The number of aliphatic hydroxyl groups excluding tert-OH is 1. The van der Waals surface area contributed by atoms with E-state index in [1.54, 1.807) is 51.1 Å². The van der Waals surface area contributed by atoms with Crippen molar-refractivity contribution in [2.75, 3.05) is 19.7 Å². The van der Waals surface area contributed by atoms with Gasteiger partial charge >= 0.3 is 6.09 Å². The number of carbonyl (C=O) groups excluding carboxylic acids is 3. The number of rotatable bonds is 10. The molecule has 1 rings (SSSR count). The van der Waals surface area contributed by atoms with Crippen LogP contribution >= 0.6 is 0 Å². The highest BCUT2D eigenvalue weighted by atomic mass is 16.6. The zero-order valence-corrected chi connectivity index (χ0v) is 18.6. The molecule has 0 bridgehead atoms. The van der Waals surface area contributed by atoms with Crippen molar-refractivity contribution in [3.8, 4) is 6.07 Å². The van der Waals surface area contributed by atoms with Crippen molar-refractivity contribution in [2.45, 2.75) is 58.2 Å².